The molecule has 8 nitrogen and oxygen atoms in total. The smallest absolute Gasteiger partial charge is 0.255 e. The van der Waals surface area contributed by atoms with Crippen molar-refractivity contribution in [2.24, 2.45) is 12.8 Å². The van der Waals surface area contributed by atoms with Crippen molar-refractivity contribution in [1.82, 2.24) is 14.9 Å². The summed E-state index contributed by atoms with van der Waals surface area (Å²) in [5.74, 6) is -0.736. The van der Waals surface area contributed by atoms with Crippen LogP contribution >= 0.6 is 11.6 Å². The second-order valence-corrected chi connectivity index (χ2v) is 7.01. The van der Waals surface area contributed by atoms with E-state index in [-0.39, 0.29) is 22.1 Å². The van der Waals surface area contributed by atoms with E-state index in [1.54, 1.807) is 36.1 Å². The number of hydrogen-bond donors (Lipinski definition) is 2. The van der Waals surface area contributed by atoms with Crippen LogP contribution in [-0.4, -0.2) is 35.1 Å². The van der Waals surface area contributed by atoms with Gasteiger partial charge in [0.05, 0.1) is 12.1 Å². The molecule has 31 heavy (non-hydrogen) atoms. The molecule has 162 valence electrons. The predicted octanol–water partition coefficient (Wildman–Crippen LogP) is 2.60. The number of nitrogens with two attached hydrogens (primary N) is 1. The summed E-state index contributed by atoms with van der Waals surface area (Å²) in [7, 11) is 3.16. The largest absolute Gasteiger partial charge is 0.493 e. The summed E-state index contributed by atoms with van der Waals surface area (Å²) < 4.78 is 25.7. The van der Waals surface area contributed by atoms with Gasteiger partial charge in [0.1, 0.15) is 17.7 Å². The lowest BCUT2D eigenvalue weighted by Gasteiger charge is -2.20. The van der Waals surface area contributed by atoms with Crippen LogP contribution in [0.5, 0.6) is 11.5 Å². The molecule has 3 N–H and O–H groups in total. The first-order valence-electron chi connectivity index (χ1n) is 9.12. The van der Waals surface area contributed by atoms with Gasteiger partial charge >= 0.3 is 0 Å². The summed E-state index contributed by atoms with van der Waals surface area (Å²) in [5, 5.41) is 2.96. The normalized spacial score (nSPS) is 11.6. The summed E-state index contributed by atoms with van der Waals surface area (Å²) in [6, 6.07) is 7.92. The van der Waals surface area contributed by atoms with E-state index in [1.165, 1.54) is 31.4 Å². The number of aryl methyl sites for hydroxylation is 1. The zero-order valence-electron chi connectivity index (χ0n) is 16.8. The molecule has 0 fully saturated rings. The van der Waals surface area contributed by atoms with Crippen LogP contribution < -0.4 is 20.5 Å². The van der Waals surface area contributed by atoms with E-state index in [1.807, 2.05) is 0 Å². The lowest BCUT2D eigenvalue weighted by molar-refractivity contribution is -0.119. The molecule has 0 spiro atoms. The molecule has 1 aromatic heterocycles. The van der Waals surface area contributed by atoms with Crippen LogP contribution in [0.15, 0.2) is 48.8 Å². The van der Waals surface area contributed by atoms with Crippen LogP contribution in [0.3, 0.4) is 0 Å². The minimum absolute atomic E-state index is 0.0704. The number of nitrogens with one attached hydrogen (secondary N) is 1. The van der Waals surface area contributed by atoms with E-state index in [9.17, 15) is 14.0 Å². The monoisotopic (exact) mass is 446 g/mol. The number of nitrogens with zero attached hydrogens (tertiary/aromatic N) is 2. The summed E-state index contributed by atoms with van der Waals surface area (Å²) in [5.41, 5.74) is 5.93. The Balaban J connectivity index is 1.93. The van der Waals surface area contributed by atoms with Crippen molar-refractivity contribution < 1.29 is 23.5 Å². The fourth-order valence-corrected chi connectivity index (χ4v) is 3.22. The van der Waals surface area contributed by atoms with Crippen LogP contribution in [0.4, 0.5) is 4.39 Å². The molecule has 2 aromatic carbocycles. The van der Waals surface area contributed by atoms with E-state index in [4.69, 9.17) is 26.8 Å². The van der Waals surface area contributed by atoms with Gasteiger partial charge < -0.3 is 25.1 Å². The molecule has 0 saturated heterocycles. The number of rotatable bonds is 8. The minimum atomic E-state index is -0.683. The van der Waals surface area contributed by atoms with Crippen molar-refractivity contribution in [3.05, 3.63) is 76.6 Å². The number of halogens is 2. The lowest BCUT2D eigenvalue weighted by atomic mass is 10.0. The predicted molar refractivity (Wildman–Crippen MR) is 112 cm³/mol. The highest BCUT2D eigenvalue weighted by atomic mass is 35.5. The third-order valence-corrected chi connectivity index (χ3v) is 4.73. The van der Waals surface area contributed by atoms with E-state index in [2.05, 4.69) is 10.3 Å². The van der Waals surface area contributed by atoms with Gasteiger partial charge in [-0.05, 0) is 29.8 Å². The van der Waals surface area contributed by atoms with E-state index in [0.29, 0.717) is 11.4 Å². The Morgan fingerprint density at radius 1 is 1.29 bits per heavy atom. The number of carbonyl (C=O) groups is 2. The van der Waals surface area contributed by atoms with Gasteiger partial charge in [0.15, 0.2) is 18.1 Å². The van der Waals surface area contributed by atoms with Crippen molar-refractivity contribution >= 4 is 23.4 Å². The zero-order chi connectivity index (χ0) is 22.5. The Morgan fingerprint density at radius 2 is 2.00 bits per heavy atom. The highest BCUT2D eigenvalue weighted by Gasteiger charge is 2.23. The van der Waals surface area contributed by atoms with E-state index in [0.717, 1.165) is 0 Å². The van der Waals surface area contributed by atoms with Crippen molar-refractivity contribution in [2.75, 3.05) is 13.7 Å². The fraction of sp³-hybridized carbons (Fsp3) is 0.190. The van der Waals surface area contributed by atoms with Crippen molar-refractivity contribution in [2.45, 2.75) is 6.04 Å². The molecule has 1 unspecified atom stereocenters. The molecule has 0 aliphatic heterocycles. The van der Waals surface area contributed by atoms with Crippen molar-refractivity contribution in [3.63, 3.8) is 0 Å². The molecule has 1 heterocycles. The molecule has 0 saturated carbocycles. The number of methoxy groups -OCH3 is 1. The number of aromatic nitrogens is 2. The average Bonchev–Trinajstić information content (AvgIpc) is 3.16. The van der Waals surface area contributed by atoms with Crippen molar-refractivity contribution in [1.29, 1.82) is 0 Å². The first kappa shape index (κ1) is 22.1. The second kappa shape index (κ2) is 9.48. The molecule has 1 atom stereocenters. The Morgan fingerprint density at radius 3 is 2.58 bits per heavy atom. The first-order valence-corrected chi connectivity index (χ1v) is 9.50. The number of imidazole rings is 1. The molecule has 0 aliphatic rings. The van der Waals surface area contributed by atoms with Gasteiger partial charge in [-0.1, -0.05) is 23.7 Å². The number of hydrogen-bond acceptors (Lipinski definition) is 5. The maximum absolute atomic E-state index is 13.4. The zero-order valence-corrected chi connectivity index (χ0v) is 17.5. The number of amides is 2. The Hall–Kier alpha value is -3.59. The van der Waals surface area contributed by atoms with Crippen LogP contribution in [0, 0.1) is 5.82 Å². The highest BCUT2D eigenvalue weighted by molar-refractivity contribution is 6.32. The Labute approximate surface area is 182 Å². The maximum Gasteiger partial charge on any atom is 0.255 e. The second-order valence-electron chi connectivity index (χ2n) is 6.60. The fourth-order valence-electron chi connectivity index (χ4n) is 2.96. The Bertz CT molecular complexity index is 1100. The lowest BCUT2D eigenvalue weighted by Crippen LogP contribution is -2.31. The topological polar surface area (TPSA) is 108 Å². The number of primary amides is 1. The molecule has 2 amide bonds. The van der Waals surface area contributed by atoms with Gasteiger partial charge in [0, 0.05) is 25.0 Å². The molecule has 3 aromatic rings. The molecule has 0 radical (unpaired) electrons. The van der Waals surface area contributed by atoms with Gasteiger partial charge in [-0.15, -0.1) is 0 Å². The summed E-state index contributed by atoms with van der Waals surface area (Å²) in [6.45, 7) is -0.395. The highest BCUT2D eigenvalue weighted by Crippen LogP contribution is 2.36. The van der Waals surface area contributed by atoms with Gasteiger partial charge in [-0.3, -0.25) is 9.59 Å². The SMILES string of the molecule is COc1cc(C(=O)NC(c2ccc(F)cc2)c2nccn2C)cc(Cl)c1OCC(N)=O. The summed E-state index contributed by atoms with van der Waals surface area (Å²) >= 11 is 6.24. The number of carbonyl (C=O) groups excluding carboxylic acids is 2. The molecule has 3 rings (SSSR count). The maximum atomic E-state index is 13.4. The molecular formula is C21H20ClFN4O4. The van der Waals surface area contributed by atoms with Crippen LogP contribution in [-0.2, 0) is 11.8 Å². The van der Waals surface area contributed by atoms with Gasteiger partial charge in [-0.25, -0.2) is 9.37 Å². The molecule has 0 bridgehead atoms. The van der Waals surface area contributed by atoms with Crippen molar-refractivity contribution in [3.8, 4) is 11.5 Å². The van der Waals surface area contributed by atoms with Gasteiger partial charge in [-0.2, -0.15) is 0 Å². The number of benzene rings is 2. The number of ether oxygens (including phenoxy) is 2. The third kappa shape index (κ3) is 5.13. The average molecular weight is 447 g/mol. The van der Waals surface area contributed by atoms with E-state index < -0.39 is 30.3 Å². The Kier molecular flexibility index (Phi) is 6.76. The molecule has 10 heteroatoms. The quantitative estimate of drug-likeness (QED) is 0.553. The first-order chi connectivity index (χ1) is 14.8. The van der Waals surface area contributed by atoms with Crippen LogP contribution in [0.2, 0.25) is 5.02 Å². The van der Waals surface area contributed by atoms with Gasteiger partial charge in [0.25, 0.3) is 11.8 Å². The third-order valence-electron chi connectivity index (χ3n) is 4.45. The van der Waals surface area contributed by atoms with E-state index >= 15 is 0 Å². The standard InChI is InChI=1S/C21H20ClFN4O4/c1-27-8-7-25-20(27)18(12-3-5-14(23)6-4-12)26-21(29)13-9-15(22)19(16(10-13)30-2)31-11-17(24)28/h3-10,18H,11H2,1-2H3,(H2,24,28)(H,26,29). The molecular weight excluding hydrogens is 427 g/mol. The van der Waals surface area contributed by atoms with Gasteiger partial charge in [0.2, 0.25) is 0 Å². The van der Waals surface area contributed by atoms with Crippen LogP contribution in [0.1, 0.15) is 27.8 Å². The summed E-state index contributed by atoms with van der Waals surface area (Å²) in [6.07, 6.45) is 3.34. The van der Waals surface area contributed by atoms with Crippen LogP contribution in [0.25, 0.3) is 0 Å². The minimum Gasteiger partial charge on any atom is -0.493 e. The molecule has 0 aliphatic carbocycles. The summed E-state index contributed by atoms with van der Waals surface area (Å²) in [4.78, 5) is 28.3.